The summed E-state index contributed by atoms with van der Waals surface area (Å²) in [5, 5.41) is 4.18. The van der Waals surface area contributed by atoms with Crippen molar-refractivity contribution >= 4 is 6.29 Å². The molecule has 2 heterocycles. The third-order valence-electron chi connectivity index (χ3n) is 1.92. The Kier molecular flexibility index (Phi) is 2.10. The molecule has 2 aromatic rings. The van der Waals surface area contributed by atoms with Crippen LogP contribution in [0.3, 0.4) is 0 Å². The van der Waals surface area contributed by atoms with E-state index in [0.29, 0.717) is 11.3 Å². The van der Waals surface area contributed by atoms with Crippen molar-refractivity contribution in [3.8, 4) is 11.4 Å². The van der Waals surface area contributed by atoms with E-state index in [2.05, 4.69) is 10.1 Å². The van der Waals surface area contributed by atoms with Crippen molar-refractivity contribution in [1.82, 2.24) is 14.8 Å². The molecule has 2 rings (SSSR count). The van der Waals surface area contributed by atoms with Crippen LogP contribution in [0.4, 0.5) is 0 Å². The Bertz CT molecular complexity index is 462. The minimum Gasteiger partial charge on any atom is -0.298 e. The minimum atomic E-state index is 0.561. The van der Waals surface area contributed by atoms with E-state index in [1.807, 2.05) is 19.3 Å². The van der Waals surface area contributed by atoms with Crippen molar-refractivity contribution in [2.45, 2.75) is 0 Å². The molecule has 0 amide bonds. The zero-order valence-electron chi connectivity index (χ0n) is 7.71. The molecule has 0 bridgehead atoms. The van der Waals surface area contributed by atoms with Crippen LogP contribution in [0.2, 0.25) is 0 Å². The zero-order chi connectivity index (χ0) is 9.97. The van der Waals surface area contributed by atoms with Gasteiger partial charge in [-0.25, -0.2) is 0 Å². The Hall–Kier alpha value is -1.97. The lowest BCUT2D eigenvalue weighted by molar-refractivity contribution is 0.112. The van der Waals surface area contributed by atoms with Gasteiger partial charge in [-0.15, -0.1) is 0 Å². The fourth-order valence-corrected chi connectivity index (χ4v) is 1.27. The lowest BCUT2D eigenvalue weighted by Gasteiger charge is -1.98. The predicted molar refractivity (Wildman–Crippen MR) is 51.8 cm³/mol. The number of pyridine rings is 1. The molecule has 0 atom stereocenters. The van der Waals surface area contributed by atoms with Crippen molar-refractivity contribution in [3.63, 3.8) is 0 Å². The molecule has 0 saturated heterocycles. The lowest BCUT2D eigenvalue weighted by atomic mass is 10.2. The first kappa shape index (κ1) is 8.62. The number of aryl methyl sites for hydroxylation is 1. The van der Waals surface area contributed by atoms with E-state index in [4.69, 9.17) is 0 Å². The zero-order valence-corrected chi connectivity index (χ0v) is 7.71. The summed E-state index contributed by atoms with van der Waals surface area (Å²) >= 11 is 0. The number of aromatic nitrogens is 3. The SMILES string of the molecule is Cn1ccc(-c2ncccc2C=O)n1. The Morgan fingerprint density at radius 3 is 2.93 bits per heavy atom. The van der Waals surface area contributed by atoms with Gasteiger partial charge in [0.25, 0.3) is 0 Å². The Labute approximate surface area is 81.2 Å². The highest BCUT2D eigenvalue weighted by molar-refractivity contribution is 5.84. The standard InChI is InChI=1S/C10H9N3O/c1-13-6-4-9(12-13)10-8(7-14)3-2-5-11-10/h2-7H,1H3. The fraction of sp³-hybridized carbons (Fsp3) is 0.100. The lowest BCUT2D eigenvalue weighted by Crippen LogP contribution is -1.93. The molecule has 0 N–H and O–H groups in total. The van der Waals surface area contributed by atoms with E-state index >= 15 is 0 Å². The Balaban J connectivity index is 2.55. The predicted octanol–water partition coefficient (Wildman–Crippen LogP) is 1.29. The van der Waals surface area contributed by atoms with Crippen LogP contribution in [0.5, 0.6) is 0 Å². The molecule has 0 aliphatic heterocycles. The number of carbonyl (C=O) groups is 1. The van der Waals surface area contributed by atoms with Crippen LogP contribution in [0.1, 0.15) is 10.4 Å². The highest BCUT2D eigenvalue weighted by Crippen LogP contribution is 2.16. The molecule has 4 heteroatoms. The van der Waals surface area contributed by atoms with Crippen LogP contribution >= 0.6 is 0 Å². The topological polar surface area (TPSA) is 47.8 Å². The van der Waals surface area contributed by atoms with Gasteiger partial charge in [0.2, 0.25) is 0 Å². The second-order valence-corrected chi connectivity index (χ2v) is 2.93. The third kappa shape index (κ3) is 1.42. The van der Waals surface area contributed by atoms with Gasteiger partial charge in [-0.3, -0.25) is 14.5 Å². The van der Waals surface area contributed by atoms with E-state index in [-0.39, 0.29) is 0 Å². The van der Waals surface area contributed by atoms with Crippen molar-refractivity contribution in [3.05, 3.63) is 36.2 Å². The van der Waals surface area contributed by atoms with E-state index in [0.717, 1.165) is 12.0 Å². The average molecular weight is 187 g/mol. The largest absolute Gasteiger partial charge is 0.298 e. The molecule has 0 aliphatic carbocycles. The summed E-state index contributed by atoms with van der Waals surface area (Å²) in [5.74, 6) is 0. The average Bonchev–Trinajstić information content (AvgIpc) is 2.65. The Morgan fingerprint density at radius 1 is 1.43 bits per heavy atom. The van der Waals surface area contributed by atoms with Crippen molar-refractivity contribution in [2.75, 3.05) is 0 Å². The monoisotopic (exact) mass is 187 g/mol. The minimum absolute atomic E-state index is 0.561. The number of hydrogen-bond acceptors (Lipinski definition) is 3. The van der Waals surface area contributed by atoms with Gasteiger partial charge >= 0.3 is 0 Å². The van der Waals surface area contributed by atoms with Crippen LogP contribution < -0.4 is 0 Å². The molecule has 0 saturated carbocycles. The highest BCUT2D eigenvalue weighted by Gasteiger charge is 2.07. The first-order chi connectivity index (χ1) is 6.81. The van der Waals surface area contributed by atoms with Gasteiger partial charge < -0.3 is 0 Å². The maximum atomic E-state index is 10.7. The van der Waals surface area contributed by atoms with Crippen LogP contribution in [-0.2, 0) is 7.05 Å². The molecule has 0 spiro atoms. The molecule has 0 aliphatic rings. The summed E-state index contributed by atoms with van der Waals surface area (Å²) in [6, 6.07) is 5.29. The van der Waals surface area contributed by atoms with Gasteiger partial charge in [0.05, 0.1) is 0 Å². The first-order valence-corrected chi connectivity index (χ1v) is 4.21. The van der Waals surface area contributed by atoms with Gasteiger partial charge in [0, 0.05) is 25.0 Å². The van der Waals surface area contributed by atoms with Crippen LogP contribution in [-0.4, -0.2) is 21.1 Å². The molecule has 14 heavy (non-hydrogen) atoms. The summed E-state index contributed by atoms with van der Waals surface area (Å²) in [5.41, 5.74) is 1.91. The fourth-order valence-electron chi connectivity index (χ4n) is 1.27. The van der Waals surface area contributed by atoms with Crippen LogP contribution in [0, 0.1) is 0 Å². The van der Waals surface area contributed by atoms with E-state index < -0.39 is 0 Å². The van der Waals surface area contributed by atoms with Crippen molar-refractivity contribution in [2.24, 2.45) is 7.05 Å². The van der Waals surface area contributed by atoms with Crippen LogP contribution in [0.25, 0.3) is 11.4 Å². The maximum Gasteiger partial charge on any atom is 0.152 e. The van der Waals surface area contributed by atoms with E-state index in [9.17, 15) is 4.79 Å². The first-order valence-electron chi connectivity index (χ1n) is 4.21. The normalized spacial score (nSPS) is 10.1. The molecule has 70 valence electrons. The smallest absolute Gasteiger partial charge is 0.152 e. The number of rotatable bonds is 2. The van der Waals surface area contributed by atoms with Gasteiger partial charge in [0.1, 0.15) is 11.4 Å². The van der Waals surface area contributed by atoms with E-state index in [1.165, 1.54) is 0 Å². The molecule has 4 nitrogen and oxygen atoms in total. The molecule has 0 unspecified atom stereocenters. The van der Waals surface area contributed by atoms with Gasteiger partial charge in [-0.05, 0) is 18.2 Å². The molecular formula is C10H9N3O. The number of carbonyl (C=O) groups excluding carboxylic acids is 1. The summed E-state index contributed by atoms with van der Waals surface area (Å²) in [6.45, 7) is 0. The van der Waals surface area contributed by atoms with E-state index in [1.54, 1.807) is 23.0 Å². The second kappa shape index (κ2) is 3.41. The molecule has 0 aromatic carbocycles. The quantitative estimate of drug-likeness (QED) is 0.665. The second-order valence-electron chi connectivity index (χ2n) is 2.93. The van der Waals surface area contributed by atoms with Gasteiger partial charge in [-0.2, -0.15) is 5.10 Å². The number of hydrogen-bond donors (Lipinski definition) is 0. The molecule has 0 radical (unpaired) electrons. The maximum absolute atomic E-state index is 10.7. The summed E-state index contributed by atoms with van der Waals surface area (Å²) in [6.07, 6.45) is 4.26. The van der Waals surface area contributed by atoms with Gasteiger partial charge in [0.15, 0.2) is 6.29 Å². The summed E-state index contributed by atoms with van der Waals surface area (Å²) < 4.78 is 1.68. The summed E-state index contributed by atoms with van der Waals surface area (Å²) in [7, 11) is 1.83. The van der Waals surface area contributed by atoms with Crippen LogP contribution in [0.15, 0.2) is 30.6 Å². The van der Waals surface area contributed by atoms with Gasteiger partial charge in [-0.1, -0.05) is 0 Å². The number of aldehydes is 1. The highest BCUT2D eigenvalue weighted by atomic mass is 16.1. The van der Waals surface area contributed by atoms with Crippen molar-refractivity contribution in [1.29, 1.82) is 0 Å². The Morgan fingerprint density at radius 2 is 2.29 bits per heavy atom. The van der Waals surface area contributed by atoms with Crippen molar-refractivity contribution < 1.29 is 4.79 Å². The third-order valence-corrected chi connectivity index (χ3v) is 1.92. The number of nitrogens with zero attached hydrogens (tertiary/aromatic N) is 3. The molecule has 2 aromatic heterocycles. The summed E-state index contributed by atoms with van der Waals surface area (Å²) in [4.78, 5) is 14.9. The molecular weight excluding hydrogens is 178 g/mol. The molecule has 0 fully saturated rings.